The Kier molecular flexibility index (Phi) is 7.18. The summed E-state index contributed by atoms with van der Waals surface area (Å²) >= 11 is 0. The Labute approximate surface area is 207 Å². The number of carbonyl (C=O) groups is 2. The topological polar surface area (TPSA) is 133 Å². The first-order chi connectivity index (χ1) is 17.6. The van der Waals surface area contributed by atoms with Crippen LogP contribution in [-0.4, -0.2) is 56.3 Å². The second kappa shape index (κ2) is 10.5. The molecule has 0 saturated heterocycles. The Morgan fingerprint density at radius 2 is 1.97 bits per heavy atom. The van der Waals surface area contributed by atoms with Gasteiger partial charge < -0.3 is 20.1 Å². The Morgan fingerprint density at radius 1 is 1.16 bits per heavy atom. The molecule has 4 aromatic rings. The fraction of sp³-hybridized carbons (Fsp3) is 0.217. The molecule has 0 aliphatic rings. The third-order valence-corrected chi connectivity index (χ3v) is 4.87. The van der Waals surface area contributed by atoms with Crippen LogP contribution in [0.2, 0.25) is 0 Å². The van der Waals surface area contributed by atoms with Crippen molar-refractivity contribution in [3.63, 3.8) is 0 Å². The number of imidazole rings is 1. The van der Waals surface area contributed by atoms with Gasteiger partial charge in [0.1, 0.15) is 17.0 Å². The van der Waals surface area contributed by atoms with Gasteiger partial charge in [0, 0.05) is 24.9 Å². The molecule has 192 valence electrons. The largest absolute Gasteiger partial charge is 0.482 e. The van der Waals surface area contributed by atoms with Crippen LogP contribution in [0.25, 0.3) is 16.9 Å². The van der Waals surface area contributed by atoms with E-state index in [1.165, 1.54) is 55.3 Å². The van der Waals surface area contributed by atoms with Gasteiger partial charge >= 0.3 is 6.18 Å². The predicted octanol–water partition coefficient (Wildman–Crippen LogP) is 3.02. The van der Waals surface area contributed by atoms with Crippen LogP contribution < -0.4 is 20.1 Å². The number of rotatable bonds is 8. The van der Waals surface area contributed by atoms with Gasteiger partial charge in [-0.15, -0.1) is 0 Å². The minimum absolute atomic E-state index is 0.0347. The van der Waals surface area contributed by atoms with Crippen LogP contribution in [0.15, 0.2) is 48.9 Å². The normalized spacial score (nSPS) is 11.3. The number of aromatic nitrogens is 5. The van der Waals surface area contributed by atoms with Crippen molar-refractivity contribution >= 4 is 23.3 Å². The highest BCUT2D eigenvalue weighted by molar-refractivity contribution is 5.97. The SMILES string of the molecule is COc1ncc(-c2ccc3nc(NC(C)=O)cn3n2)cc1C(=O)NCc1ncccc1OCC(F)(F)F. The molecule has 0 aliphatic heterocycles. The van der Waals surface area contributed by atoms with E-state index in [2.05, 4.69) is 30.7 Å². The van der Waals surface area contributed by atoms with Crippen molar-refractivity contribution < 1.29 is 32.2 Å². The molecule has 0 bridgehead atoms. The van der Waals surface area contributed by atoms with Crippen LogP contribution in [0, 0.1) is 0 Å². The number of hydrogen-bond donors (Lipinski definition) is 2. The number of carbonyl (C=O) groups excluding carboxylic acids is 2. The zero-order chi connectivity index (χ0) is 26.6. The van der Waals surface area contributed by atoms with Gasteiger partial charge in [0.2, 0.25) is 11.8 Å². The molecule has 0 saturated carbocycles. The minimum atomic E-state index is -4.52. The van der Waals surface area contributed by atoms with Crippen molar-refractivity contribution in [2.75, 3.05) is 19.0 Å². The Bertz CT molecular complexity index is 1460. The summed E-state index contributed by atoms with van der Waals surface area (Å²) in [4.78, 5) is 36.7. The lowest BCUT2D eigenvalue weighted by Crippen LogP contribution is -2.25. The maximum atomic E-state index is 13.0. The molecule has 4 aromatic heterocycles. The Hall–Kier alpha value is -4.75. The molecule has 0 atom stereocenters. The van der Waals surface area contributed by atoms with Crippen LogP contribution in [0.3, 0.4) is 0 Å². The Morgan fingerprint density at radius 3 is 2.70 bits per heavy atom. The van der Waals surface area contributed by atoms with Gasteiger partial charge in [-0.3, -0.25) is 14.6 Å². The quantitative estimate of drug-likeness (QED) is 0.366. The average molecular weight is 515 g/mol. The number of anilines is 1. The summed E-state index contributed by atoms with van der Waals surface area (Å²) in [6, 6.07) is 7.62. The molecule has 4 rings (SSSR count). The van der Waals surface area contributed by atoms with E-state index in [1.54, 1.807) is 12.1 Å². The standard InChI is InChI=1S/C23H20F3N7O4/c1-13(34)30-19-11-33-20(31-19)6-5-16(32-33)14-8-15(22(36-2)29-9-14)21(35)28-10-17-18(4-3-7-27-17)37-12-23(24,25)26/h3-9,11H,10,12H2,1-2H3,(H,28,35)(H,30,34). The van der Waals surface area contributed by atoms with Gasteiger partial charge in [0.15, 0.2) is 18.1 Å². The number of hydrogen-bond acceptors (Lipinski definition) is 8. The molecule has 0 radical (unpaired) electrons. The molecule has 4 heterocycles. The molecule has 0 aromatic carbocycles. The molecule has 0 unspecified atom stereocenters. The van der Waals surface area contributed by atoms with E-state index in [4.69, 9.17) is 9.47 Å². The summed E-state index contributed by atoms with van der Waals surface area (Å²) in [5.74, 6) is -0.611. The number of ether oxygens (including phenoxy) is 2. The van der Waals surface area contributed by atoms with Crippen molar-refractivity contribution in [3.8, 4) is 22.9 Å². The van der Waals surface area contributed by atoms with E-state index in [-0.39, 0.29) is 35.3 Å². The molecule has 0 spiro atoms. The van der Waals surface area contributed by atoms with Crippen LogP contribution in [-0.2, 0) is 11.3 Å². The zero-order valence-corrected chi connectivity index (χ0v) is 19.5. The molecule has 2 amide bonds. The molecular formula is C23H20F3N7O4. The van der Waals surface area contributed by atoms with Crippen molar-refractivity contribution in [1.29, 1.82) is 0 Å². The van der Waals surface area contributed by atoms with E-state index in [0.717, 1.165) is 0 Å². The summed E-state index contributed by atoms with van der Waals surface area (Å²) in [6.07, 6.45) is -0.136. The van der Waals surface area contributed by atoms with Gasteiger partial charge in [-0.2, -0.15) is 18.3 Å². The second-order valence-corrected chi connectivity index (χ2v) is 7.64. The third-order valence-electron chi connectivity index (χ3n) is 4.87. The van der Waals surface area contributed by atoms with Crippen LogP contribution in [0.5, 0.6) is 11.6 Å². The number of nitrogens with zero attached hydrogens (tertiary/aromatic N) is 5. The molecule has 0 aliphatic carbocycles. The maximum Gasteiger partial charge on any atom is 0.422 e. The minimum Gasteiger partial charge on any atom is -0.482 e. The van der Waals surface area contributed by atoms with Crippen molar-refractivity contribution in [1.82, 2.24) is 29.9 Å². The molecule has 14 heteroatoms. The number of pyridine rings is 2. The first kappa shape index (κ1) is 25.3. The van der Waals surface area contributed by atoms with E-state index < -0.39 is 18.7 Å². The lowest BCUT2D eigenvalue weighted by molar-refractivity contribution is -0.153. The van der Waals surface area contributed by atoms with Gasteiger partial charge in [-0.05, 0) is 30.3 Å². The van der Waals surface area contributed by atoms with Crippen molar-refractivity contribution in [3.05, 3.63) is 60.2 Å². The fourth-order valence-corrected chi connectivity index (χ4v) is 3.30. The highest BCUT2D eigenvalue weighted by atomic mass is 19.4. The van der Waals surface area contributed by atoms with E-state index in [0.29, 0.717) is 22.7 Å². The van der Waals surface area contributed by atoms with Crippen molar-refractivity contribution in [2.24, 2.45) is 0 Å². The fourth-order valence-electron chi connectivity index (χ4n) is 3.30. The average Bonchev–Trinajstić information content (AvgIpc) is 3.26. The summed E-state index contributed by atoms with van der Waals surface area (Å²) in [5.41, 5.74) is 1.61. The summed E-state index contributed by atoms with van der Waals surface area (Å²) in [7, 11) is 1.35. The van der Waals surface area contributed by atoms with E-state index in [9.17, 15) is 22.8 Å². The molecule has 11 nitrogen and oxygen atoms in total. The third kappa shape index (κ3) is 6.28. The lowest BCUT2D eigenvalue weighted by atomic mass is 10.1. The smallest absolute Gasteiger partial charge is 0.422 e. The number of methoxy groups -OCH3 is 1. The Balaban J connectivity index is 1.55. The monoisotopic (exact) mass is 515 g/mol. The number of amides is 2. The summed E-state index contributed by atoms with van der Waals surface area (Å²) < 4.78 is 49.1. The van der Waals surface area contributed by atoms with Crippen LogP contribution in [0.4, 0.5) is 19.0 Å². The highest BCUT2D eigenvalue weighted by Crippen LogP contribution is 2.25. The van der Waals surface area contributed by atoms with E-state index >= 15 is 0 Å². The second-order valence-electron chi connectivity index (χ2n) is 7.64. The first-order valence-electron chi connectivity index (χ1n) is 10.7. The van der Waals surface area contributed by atoms with Gasteiger partial charge in [0.05, 0.1) is 25.5 Å². The van der Waals surface area contributed by atoms with Crippen LogP contribution >= 0.6 is 0 Å². The van der Waals surface area contributed by atoms with Gasteiger partial charge in [-0.1, -0.05) is 0 Å². The summed E-state index contributed by atoms with van der Waals surface area (Å²) in [5, 5.41) is 9.62. The first-order valence-corrected chi connectivity index (χ1v) is 10.7. The number of alkyl halides is 3. The van der Waals surface area contributed by atoms with Gasteiger partial charge in [-0.25, -0.2) is 14.5 Å². The van der Waals surface area contributed by atoms with Crippen molar-refractivity contribution in [2.45, 2.75) is 19.6 Å². The predicted molar refractivity (Wildman–Crippen MR) is 124 cm³/mol. The van der Waals surface area contributed by atoms with E-state index in [1.807, 2.05) is 0 Å². The maximum absolute atomic E-state index is 13.0. The molecular weight excluding hydrogens is 495 g/mol. The number of halogens is 3. The molecule has 37 heavy (non-hydrogen) atoms. The van der Waals surface area contributed by atoms with Crippen LogP contribution in [0.1, 0.15) is 23.0 Å². The lowest BCUT2D eigenvalue weighted by Gasteiger charge is -2.13. The number of fused-ring (bicyclic) bond motifs is 1. The summed E-state index contributed by atoms with van der Waals surface area (Å²) in [6.45, 7) is -0.325. The number of nitrogens with one attached hydrogen (secondary N) is 2. The van der Waals surface area contributed by atoms with Gasteiger partial charge in [0.25, 0.3) is 5.91 Å². The zero-order valence-electron chi connectivity index (χ0n) is 19.5. The highest BCUT2D eigenvalue weighted by Gasteiger charge is 2.29. The molecule has 2 N–H and O–H groups in total. The molecule has 0 fully saturated rings.